The first-order valence-electron chi connectivity index (χ1n) is 11.4. The van der Waals surface area contributed by atoms with Crippen molar-refractivity contribution >= 4 is 35.0 Å². The number of amides is 2. The molecule has 1 aliphatic heterocycles. The van der Waals surface area contributed by atoms with Crippen LogP contribution in [0.5, 0.6) is 5.75 Å². The van der Waals surface area contributed by atoms with E-state index in [4.69, 9.17) is 4.74 Å². The van der Waals surface area contributed by atoms with Crippen LogP contribution in [0.3, 0.4) is 0 Å². The fourth-order valence-corrected chi connectivity index (χ4v) is 4.48. The smallest absolute Gasteiger partial charge is 0.234 e. The number of methoxy groups -OCH3 is 1. The summed E-state index contributed by atoms with van der Waals surface area (Å²) >= 11 is 1.26. The normalized spacial score (nSPS) is 13.7. The van der Waals surface area contributed by atoms with E-state index < -0.39 is 0 Å². The molecule has 35 heavy (non-hydrogen) atoms. The monoisotopic (exact) mass is 495 g/mol. The number of tetrazole rings is 1. The third-order valence-electron chi connectivity index (χ3n) is 5.69. The molecule has 1 saturated heterocycles. The van der Waals surface area contributed by atoms with Gasteiger partial charge in [-0.05, 0) is 59.0 Å². The molecular formula is C24H29N7O3S. The Morgan fingerprint density at radius 1 is 1.00 bits per heavy atom. The first-order valence-corrected chi connectivity index (χ1v) is 12.4. The summed E-state index contributed by atoms with van der Waals surface area (Å²) in [5.74, 6) is 0.999. The van der Waals surface area contributed by atoms with Gasteiger partial charge in [0.15, 0.2) is 0 Å². The summed E-state index contributed by atoms with van der Waals surface area (Å²) in [6.45, 7) is 6.91. The van der Waals surface area contributed by atoms with Crippen molar-refractivity contribution in [3.05, 3.63) is 48.5 Å². The number of benzene rings is 2. The Morgan fingerprint density at radius 3 is 2.29 bits per heavy atom. The molecule has 2 aromatic carbocycles. The zero-order valence-corrected chi connectivity index (χ0v) is 20.9. The second kappa shape index (κ2) is 11.2. The molecule has 11 heteroatoms. The van der Waals surface area contributed by atoms with Crippen LogP contribution in [0.25, 0.3) is 5.69 Å². The largest absolute Gasteiger partial charge is 0.497 e. The lowest BCUT2D eigenvalue weighted by Crippen LogP contribution is -2.49. The Hall–Kier alpha value is -3.60. The van der Waals surface area contributed by atoms with E-state index in [1.54, 1.807) is 11.8 Å². The van der Waals surface area contributed by atoms with Crippen LogP contribution in [0.1, 0.15) is 13.8 Å². The minimum Gasteiger partial charge on any atom is -0.497 e. The van der Waals surface area contributed by atoms with Gasteiger partial charge in [0.2, 0.25) is 17.0 Å². The van der Waals surface area contributed by atoms with Crippen LogP contribution in [0.4, 0.5) is 11.4 Å². The Bertz CT molecular complexity index is 1140. The molecule has 1 aromatic heterocycles. The lowest BCUT2D eigenvalue weighted by atomic mass is 10.1. The van der Waals surface area contributed by atoms with Crippen molar-refractivity contribution in [2.75, 3.05) is 49.3 Å². The molecule has 3 aromatic rings. The number of anilines is 2. The quantitative estimate of drug-likeness (QED) is 0.476. The van der Waals surface area contributed by atoms with Crippen molar-refractivity contribution in [1.82, 2.24) is 25.1 Å². The number of piperazine rings is 1. The molecule has 2 heterocycles. The highest BCUT2D eigenvalue weighted by atomic mass is 32.2. The first kappa shape index (κ1) is 24.5. The zero-order chi connectivity index (χ0) is 24.8. The number of thioether (sulfide) groups is 1. The van der Waals surface area contributed by atoms with E-state index in [2.05, 4.69) is 25.7 Å². The lowest BCUT2D eigenvalue weighted by molar-refractivity contribution is -0.134. The summed E-state index contributed by atoms with van der Waals surface area (Å²) in [7, 11) is 1.61. The Labute approximate surface area is 208 Å². The molecule has 0 atom stereocenters. The number of nitrogens with one attached hydrogen (secondary N) is 1. The molecule has 0 radical (unpaired) electrons. The second-order valence-corrected chi connectivity index (χ2v) is 9.36. The molecule has 0 bridgehead atoms. The van der Waals surface area contributed by atoms with E-state index >= 15 is 0 Å². The maximum Gasteiger partial charge on any atom is 0.234 e. The van der Waals surface area contributed by atoms with Gasteiger partial charge in [0, 0.05) is 43.5 Å². The molecule has 0 spiro atoms. The van der Waals surface area contributed by atoms with Gasteiger partial charge in [-0.1, -0.05) is 25.6 Å². The van der Waals surface area contributed by atoms with Crippen molar-refractivity contribution in [3.63, 3.8) is 0 Å². The summed E-state index contributed by atoms with van der Waals surface area (Å²) in [5.41, 5.74) is 2.58. The third-order valence-corrected chi connectivity index (χ3v) is 6.61. The number of rotatable bonds is 8. The van der Waals surface area contributed by atoms with Gasteiger partial charge in [0.05, 0.1) is 18.6 Å². The summed E-state index contributed by atoms with van der Waals surface area (Å²) < 4.78 is 6.76. The van der Waals surface area contributed by atoms with Crippen molar-refractivity contribution in [2.24, 2.45) is 5.92 Å². The number of hydrogen-bond acceptors (Lipinski definition) is 8. The Morgan fingerprint density at radius 2 is 1.66 bits per heavy atom. The van der Waals surface area contributed by atoms with Gasteiger partial charge in [-0.25, -0.2) is 0 Å². The summed E-state index contributed by atoms with van der Waals surface area (Å²) in [4.78, 5) is 28.9. The minimum absolute atomic E-state index is 0.0256. The van der Waals surface area contributed by atoms with E-state index in [9.17, 15) is 9.59 Å². The van der Waals surface area contributed by atoms with Crippen LogP contribution in [-0.2, 0) is 9.59 Å². The highest BCUT2D eigenvalue weighted by molar-refractivity contribution is 7.99. The number of aromatic nitrogens is 4. The second-order valence-electron chi connectivity index (χ2n) is 8.42. The van der Waals surface area contributed by atoms with Crippen LogP contribution >= 0.6 is 11.8 Å². The van der Waals surface area contributed by atoms with Crippen LogP contribution < -0.4 is 15.0 Å². The van der Waals surface area contributed by atoms with Gasteiger partial charge in [-0.2, -0.15) is 4.68 Å². The molecule has 2 amide bonds. The third kappa shape index (κ3) is 6.10. The molecule has 4 rings (SSSR count). The van der Waals surface area contributed by atoms with Crippen LogP contribution in [-0.4, -0.2) is 76.0 Å². The summed E-state index contributed by atoms with van der Waals surface area (Å²) in [6.07, 6.45) is 0. The maximum atomic E-state index is 12.5. The highest BCUT2D eigenvalue weighted by Gasteiger charge is 2.23. The van der Waals surface area contributed by atoms with Gasteiger partial charge in [0.1, 0.15) is 5.75 Å². The molecule has 10 nitrogen and oxygen atoms in total. The predicted molar refractivity (Wildman–Crippen MR) is 135 cm³/mol. The number of carbonyl (C=O) groups excluding carboxylic acids is 2. The van der Waals surface area contributed by atoms with E-state index in [-0.39, 0.29) is 23.5 Å². The average Bonchev–Trinajstić information content (AvgIpc) is 3.36. The van der Waals surface area contributed by atoms with Crippen molar-refractivity contribution in [2.45, 2.75) is 19.0 Å². The molecule has 0 unspecified atom stereocenters. The number of hydrogen-bond donors (Lipinski definition) is 1. The topological polar surface area (TPSA) is 105 Å². The van der Waals surface area contributed by atoms with Crippen molar-refractivity contribution in [3.8, 4) is 11.4 Å². The van der Waals surface area contributed by atoms with Crippen molar-refractivity contribution in [1.29, 1.82) is 0 Å². The van der Waals surface area contributed by atoms with Crippen molar-refractivity contribution < 1.29 is 14.3 Å². The van der Waals surface area contributed by atoms with Crippen LogP contribution in [0, 0.1) is 5.92 Å². The molecule has 184 valence electrons. The Balaban J connectivity index is 1.28. The molecule has 1 aliphatic rings. The van der Waals surface area contributed by atoms with E-state index in [0.29, 0.717) is 5.16 Å². The number of carbonyl (C=O) groups is 2. The van der Waals surface area contributed by atoms with E-state index in [0.717, 1.165) is 49.0 Å². The van der Waals surface area contributed by atoms with Crippen LogP contribution in [0.2, 0.25) is 0 Å². The molecule has 0 saturated carbocycles. The summed E-state index contributed by atoms with van der Waals surface area (Å²) in [6, 6.07) is 15.1. The van der Waals surface area contributed by atoms with E-state index in [1.807, 2.05) is 67.3 Å². The number of ether oxygens (including phenoxy) is 1. The molecule has 0 aliphatic carbocycles. The molecular weight excluding hydrogens is 466 g/mol. The van der Waals surface area contributed by atoms with Gasteiger partial charge in [-0.3, -0.25) is 9.59 Å². The highest BCUT2D eigenvalue weighted by Crippen LogP contribution is 2.22. The van der Waals surface area contributed by atoms with Gasteiger partial charge in [-0.15, -0.1) is 5.10 Å². The fourth-order valence-electron chi connectivity index (χ4n) is 3.79. The minimum atomic E-state index is -0.146. The molecule has 1 N–H and O–H groups in total. The van der Waals surface area contributed by atoms with Gasteiger partial charge >= 0.3 is 0 Å². The van der Waals surface area contributed by atoms with Crippen LogP contribution in [0.15, 0.2) is 53.7 Å². The van der Waals surface area contributed by atoms with Gasteiger partial charge < -0.3 is 19.9 Å². The fraction of sp³-hybridized carbons (Fsp3) is 0.375. The predicted octanol–water partition coefficient (Wildman–Crippen LogP) is 2.71. The SMILES string of the molecule is COc1ccc(-n2nnnc2SCC(=O)Nc2ccc(N3CCN(C(=O)C(C)C)CC3)cc2)cc1. The first-order chi connectivity index (χ1) is 16.9. The lowest BCUT2D eigenvalue weighted by Gasteiger charge is -2.37. The summed E-state index contributed by atoms with van der Waals surface area (Å²) in [5, 5.41) is 15.2. The average molecular weight is 496 g/mol. The maximum absolute atomic E-state index is 12.5. The zero-order valence-electron chi connectivity index (χ0n) is 20.0. The van der Waals surface area contributed by atoms with E-state index in [1.165, 1.54) is 11.8 Å². The Kier molecular flexibility index (Phi) is 7.86. The van der Waals surface area contributed by atoms with Gasteiger partial charge in [0.25, 0.3) is 0 Å². The molecule has 1 fully saturated rings. The number of nitrogens with zero attached hydrogens (tertiary/aromatic N) is 6. The standard InChI is InChI=1S/C24H29N7O3S/c1-17(2)23(33)30-14-12-29(13-15-30)19-6-4-18(5-7-19)25-22(32)16-35-24-26-27-28-31(24)20-8-10-21(34-3)11-9-20/h4-11,17H,12-16H2,1-3H3,(H,25,32).